The monoisotopic (exact) mass is 306 g/mol. The number of carboxylic acid groups (broad SMARTS) is 1. The van der Waals surface area contributed by atoms with Gasteiger partial charge >= 0.3 is 5.97 Å². The fourth-order valence-corrected chi connectivity index (χ4v) is 2.16. The molecule has 0 bridgehead atoms. The summed E-state index contributed by atoms with van der Waals surface area (Å²) in [7, 11) is 0. The first kappa shape index (κ1) is 14.6. The van der Waals surface area contributed by atoms with Gasteiger partial charge < -0.3 is 5.11 Å². The van der Waals surface area contributed by atoms with E-state index in [1.54, 1.807) is 10.8 Å². The summed E-state index contributed by atoms with van der Waals surface area (Å²) < 4.78 is 1.78. The minimum Gasteiger partial charge on any atom is -0.478 e. The van der Waals surface area contributed by atoms with Crippen LogP contribution in [0.3, 0.4) is 0 Å². The van der Waals surface area contributed by atoms with Gasteiger partial charge in [0.1, 0.15) is 5.69 Å². The molecule has 0 aliphatic heterocycles. The summed E-state index contributed by atoms with van der Waals surface area (Å²) in [6.07, 6.45) is 4.13. The highest BCUT2D eigenvalue weighted by Gasteiger charge is 2.14. The van der Waals surface area contributed by atoms with E-state index in [4.69, 9.17) is 5.11 Å². The average Bonchev–Trinajstić information content (AvgIpc) is 2.98. The second-order valence-corrected chi connectivity index (χ2v) is 4.94. The Bertz CT molecular complexity index is 852. The van der Waals surface area contributed by atoms with Crippen molar-refractivity contribution >= 4 is 12.0 Å². The van der Waals surface area contributed by atoms with Crippen LogP contribution in [-0.4, -0.2) is 30.8 Å². The van der Waals surface area contributed by atoms with Crippen molar-refractivity contribution in [2.24, 2.45) is 0 Å². The van der Waals surface area contributed by atoms with Crippen LogP contribution < -0.4 is 0 Å². The number of aliphatic carboxylic acids is 1. The predicted octanol–water partition coefficient (Wildman–Crippen LogP) is 2.74. The molecule has 0 atom stereocenters. The van der Waals surface area contributed by atoms with E-state index in [0.29, 0.717) is 17.3 Å². The maximum atomic E-state index is 10.8. The molecule has 1 aromatic carbocycles. The number of carboxylic acids is 1. The van der Waals surface area contributed by atoms with Crippen LogP contribution in [0.5, 0.6) is 0 Å². The summed E-state index contributed by atoms with van der Waals surface area (Å²) >= 11 is 0. The lowest BCUT2D eigenvalue weighted by Gasteiger charge is -2.08. The largest absolute Gasteiger partial charge is 0.478 e. The third-order valence-electron chi connectivity index (χ3n) is 3.25. The summed E-state index contributed by atoms with van der Waals surface area (Å²) in [5.41, 5.74) is 2.63. The minimum atomic E-state index is -1.04. The summed E-state index contributed by atoms with van der Waals surface area (Å²) in [5, 5.41) is 17.1. The third kappa shape index (κ3) is 3.16. The van der Waals surface area contributed by atoms with Crippen molar-refractivity contribution in [1.82, 2.24) is 19.7 Å². The van der Waals surface area contributed by atoms with E-state index in [9.17, 15) is 4.79 Å². The highest BCUT2D eigenvalue weighted by atomic mass is 16.4. The summed E-state index contributed by atoms with van der Waals surface area (Å²) in [6.45, 7) is 2.00. The van der Waals surface area contributed by atoms with Gasteiger partial charge in [0.15, 0.2) is 11.6 Å². The number of carbonyl (C=O) groups is 1. The van der Waals surface area contributed by atoms with E-state index in [1.165, 1.54) is 6.08 Å². The van der Waals surface area contributed by atoms with Gasteiger partial charge in [0.25, 0.3) is 0 Å². The van der Waals surface area contributed by atoms with Crippen LogP contribution in [-0.2, 0) is 4.79 Å². The number of aromatic nitrogens is 4. The topological polar surface area (TPSA) is 80.9 Å². The molecule has 2 aromatic heterocycles. The molecule has 0 saturated heterocycles. The van der Waals surface area contributed by atoms with Crippen molar-refractivity contribution in [1.29, 1.82) is 0 Å². The normalized spacial score (nSPS) is 11.0. The van der Waals surface area contributed by atoms with E-state index < -0.39 is 5.97 Å². The summed E-state index contributed by atoms with van der Waals surface area (Å²) in [5.74, 6) is -0.0563. The maximum absolute atomic E-state index is 10.8. The zero-order valence-corrected chi connectivity index (χ0v) is 12.4. The van der Waals surface area contributed by atoms with E-state index in [2.05, 4.69) is 15.2 Å². The molecule has 0 spiro atoms. The molecule has 0 unspecified atom stereocenters. The molecule has 23 heavy (non-hydrogen) atoms. The smallest absolute Gasteiger partial charge is 0.328 e. The Morgan fingerprint density at radius 3 is 2.57 bits per heavy atom. The van der Waals surface area contributed by atoms with Gasteiger partial charge in [-0.15, -0.1) is 10.2 Å². The molecule has 0 fully saturated rings. The zero-order valence-electron chi connectivity index (χ0n) is 12.4. The van der Waals surface area contributed by atoms with Crippen LogP contribution in [0.15, 0.2) is 54.7 Å². The lowest BCUT2D eigenvalue weighted by molar-refractivity contribution is -0.131. The second kappa shape index (κ2) is 6.23. The van der Waals surface area contributed by atoms with Gasteiger partial charge in [-0.05, 0) is 37.3 Å². The molecule has 6 heteroatoms. The van der Waals surface area contributed by atoms with Gasteiger partial charge in [-0.1, -0.05) is 23.8 Å². The predicted molar refractivity (Wildman–Crippen MR) is 86.0 cm³/mol. The van der Waals surface area contributed by atoms with E-state index in [-0.39, 0.29) is 0 Å². The quantitative estimate of drug-likeness (QED) is 0.750. The molecule has 3 rings (SSSR count). The molecule has 0 amide bonds. The molecule has 1 N–H and O–H groups in total. The number of rotatable bonds is 4. The Hall–Kier alpha value is -3.28. The molecule has 0 saturated carbocycles. The fourth-order valence-electron chi connectivity index (χ4n) is 2.16. The zero-order chi connectivity index (χ0) is 16.2. The number of hydrogen-bond acceptors (Lipinski definition) is 4. The van der Waals surface area contributed by atoms with Crippen molar-refractivity contribution in [3.63, 3.8) is 0 Å². The first-order chi connectivity index (χ1) is 11.1. The van der Waals surface area contributed by atoms with E-state index in [0.717, 1.165) is 17.3 Å². The SMILES string of the molecule is Cc1ccc(-n2c(/C=C/C(=O)O)nnc2-c2ccccn2)cc1. The van der Waals surface area contributed by atoms with Gasteiger partial charge in [0, 0.05) is 18.0 Å². The van der Waals surface area contributed by atoms with Gasteiger partial charge in [-0.2, -0.15) is 0 Å². The van der Waals surface area contributed by atoms with Crippen LogP contribution in [0.2, 0.25) is 0 Å². The van der Waals surface area contributed by atoms with Gasteiger partial charge in [0.2, 0.25) is 0 Å². The maximum Gasteiger partial charge on any atom is 0.328 e. The van der Waals surface area contributed by atoms with Crippen molar-refractivity contribution in [2.45, 2.75) is 6.92 Å². The van der Waals surface area contributed by atoms with Gasteiger partial charge in [0.05, 0.1) is 0 Å². The van der Waals surface area contributed by atoms with Crippen LogP contribution in [0, 0.1) is 6.92 Å². The second-order valence-electron chi connectivity index (χ2n) is 4.94. The van der Waals surface area contributed by atoms with Crippen LogP contribution in [0.1, 0.15) is 11.4 Å². The van der Waals surface area contributed by atoms with Crippen LogP contribution >= 0.6 is 0 Å². The third-order valence-corrected chi connectivity index (χ3v) is 3.25. The van der Waals surface area contributed by atoms with Crippen LogP contribution in [0.25, 0.3) is 23.3 Å². The molecule has 0 aliphatic carbocycles. The Balaban J connectivity index is 2.17. The van der Waals surface area contributed by atoms with Crippen molar-refractivity contribution in [3.8, 4) is 17.2 Å². The summed E-state index contributed by atoms with van der Waals surface area (Å²) in [4.78, 5) is 15.1. The van der Waals surface area contributed by atoms with Crippen molar-refractivity contribution < 1.29 is 9.90 Å². The molecular formula is C17H14N4O2. The molecule has 6 nitrogen and oxygen atoms in total. The Labute approximate surface area is 132 Å². The number of nitrogens with zero attached hydrogens (tertiary/aromatic N) is 4. The first-order valence-corrected chi connectivity index (χ1v) is 7.00. The van der Waals surface area contributed by atoms with Crippen LogP contribution in [0.4, 0.5) is 0 Å². The van der Waals surface area contributed by atoms with Gasteiger partial charge in [-0.25, -0.2) is 4.79 Å². The first-order valence-electron chi connectivity index (χ1n) is 7.00. The van der Waals surface area contributed by atoms with E-state index in [1.807, 2.05) is 49.4 Å². The minimum absolute atomic E-state index is 0.428. The number of pyridine rings is 1. The number of hydrogen-bond donors (Lipinski definition) is 1. The Morgan fingerprint density at radius 1 is 1.13 bits per heavy atom. The highest BCUT2D eigenvalue weighted by molar-refractivity contribution is 5.84. The molecule has 3 aromatic rings. The fraction of sp³-hybridized carbons (Fsp3) is 0.0588. The highest BCUT2D eigenvalue weighted by Crippen LogP contribution is 2.22. The molecule has 0 radical (unpaired) electrons. The lowest BCUT2D eigenvalue weighted by Crippen LogP contribution is -2.01. The van der Waals surface area contributed by atoms with E-state index >= 15 is 0 Å². The average molecular weight is 306 g/mol. The molecule has 114 valence electrons. The molecule has 2 heterocycles. The standard InChI is InChI=1S/C17H14N4O2/c1-12-5-7-13(8-6-12)21-15(9-10-16(22)23)19-20-17(21)14-4-2-3-11-18-14/h2-11H,1H3,(H,22,23)/b10-9+. The molecule has 0 aliphatic rings. The lowest BCUT2D eigenvalue weighted by atomic mass is 10.2. The van der Waals surface area contributed by atoms with Crippen molar-refractivity contribution in [3.05, 3.63) is 66.1 Å². The molecular weight excluding hydrogens is 292 g/mol. The van der Waals surface area contributed by atoms with Crippen molar-refractivity contribution in [2.75, 3.05) is 0 Å². The Morgan fingerprint density at radius 2 is 1.91 bits per heavy atom. The number of benzene rings is 1. The summed E-state index contributed by atoms with van der Waals surface area (Å²) in [6, 6.07) is 13.3. The Kier molecular flexibility index (Phi) is 3.97. The number of aryl methyl sites for hydroxylation is 1. The van der Waals surface area contributed by atoms with Gasteiger partial charge in [-0.3, -0.25) is 9.55 Å².